The van der Waals surface area contributed by atoms with Crippen molar-refractivity contribution in [2.45, 2.75) is 39.3 Å². The van der Waals surface area contributed by atoms with E-state index < -0.39 is 5.60 Å². The van der Waals surface area contributed by atoms with Crippen LogP contribution in [-0.2, 0) is 11.3 Å². The van der Waals surface area contributed by atoms with Crippen molar-refractivity contribution in [3.05, 3.63) is 35.4 Å². The van der Waals surface area contributed by atoms with Crippen LogP contribution in [0.25, 0.3) is 0 Å². The molecule has 21 heavy (non-hydrogen) atoms. The number of hydrogen-bond donors (Lipinski definition) is 1. The highest BCUT2D eigenvalue weighted by Crippen LogP contribution is 2.21. The third-order valence-electron chi connectivity index (χ3n) is 3.56. The summed E-state index contributed by atoms with van der Waals surface area (Å²) in [5, 5.41) is 8.88. The Morgan fingerprint density at radius 3 is 2.43 bits per heavy atom. The second-order valence-corrected chi connectivity index (χ2v) is 6.77. The van der Waals surface area contributed by atoms with Gasteiger partial charge in [-0.1, -0.05) is 12.1 Å². The summed E-state index contributed by atoms with van der Waals surface area (Å²) in [5.74, 6) is 0.358. The fourth-order valence-corrected chi connectivity index (χ4v) is 2.51. The van der Waals surface area contributed by atoms with E-state index in [-0.39, 0.29) is 12.6 Å². The molecule has 4 nitrogen and oxygen atoms in total. The molecule has 1 aliphatic rings. The van der Waals surface area contributed by atoms with E-state index in [0.717, 1.165) is 26.1 Å². The topological polar surface area (TPSA) is 49.8 Å². The van der Waals surface area contributed by atoms with E-state index in [2.05, 4.69) is 4.90 Å². The number of hydrogen-bond acceptors (Lipinski definition) is 4. The maximum absolute atomic E-state index is 11.9. The van der Waals surface area contributed by atoms with Gasteiger partial charge in [0, 0.05) is 26.2 Å². The normalized spacial score (nSPS) is 16.6. The van der Waals surface area contributed by atoms with Crippen molar-refractivity contribution in [3.8, 4) is 0 Å². The lowest BCUT2D eigenvalue weighted by Gasteiger charge is -2.39. The van der Waals surface area contributed by atoms with E-state index >= 15 is 0 Å². The third-order valence-corrected chi connectivity index (χ3v) is 3.56. The van der Waals surface area contributed by atoms with E-state index in [0.29, 0.717) is 11.5 Å². The smallest absolute Gasteiger partial charge is 0.338 e. The lowest BCUT2D eigenvalue weighted by atomic mass is 9.96. The second kappa shape index (κ2) is 6.58. The fraction of sp³-hybridized carbons (Fsp3) is 0.588. The summed E-state index contributed by atoms with van der Waals surface area (Å²) in [6.45, 7) is 8.88. The van der Waals surface area contributed by atoms with Gasteiger partial charge in [0.1, 0.15) is 5.60 Å². The van der Waals surface area contributed by atoms with E-state index in [1.54, 1.807) is 0 Å². The number of rotatable bonds is 5. The predicted octanol–water partition coefficient (Wildman–Crippen LogP) is 2.46. The molecule has 1 heterocycles. The number of carbonyl (C=O) groups excluding carboxylic acids is 1. The molecule has 1 aliphatic heterocycles. The van der Waals surface area contributed by atoms with Crippen LogP contribution in [0.5, 0.6) is 0 Å². The summed E-state index contributed by atoms with van der Waals surface area (Å²) < 4.78 is 5.35. The highest BCUT2D eigenvalue weighted by molar-refractivity contribution is 5.89. The van der Waals surface area contributed by atoms with Crippen molar-refractivity contribution in [2.24, 2.45) is 5.92 Å². The summed E-state index contributed by atoms with van der Waals surface area (Å²) in [4.78, 5) is 14.3. The van der Waals surface area contributed by atoms with Crippen molar-refractivity contribution in [3.63, 3.8) is 0 Å². The number of carbonyl (C=O) groups is 1. The van der Waals surface area contributed by atoms with Gasteiger partial charge in [0.15, 0.2) is 0 Å². The summed E-state index contributed by atoms with van der Waals surface area (Å²) in [6, 6.07) is 7.63. The Labute approximate surface area is 126 Å². The van der Waals surface area contributed by atoms with Crippen molar-refractivity contribution in [1.29, 1.82) is 0 Å². The van der Waals surface area contributed by atoms with E-state index in [4.69, 9.17) is 9.84 Å². The van der Waals surface area contributed by atoms with Crippen molar-refractivity contribution in [2.75, 3.05) is 19.7 Å². The zero-order chi connectivity index (χ0) is 15.5. The molecule has 2 rings (SSSR count). The van der Waals surface area contributed by atoms with Gasteiger partial charge in [0.05, 0.1) is 5.56 Å². The average Bonchev–Trinajstić information content (AvgIpc) is 2.35. The van der Waals surface area contributed by atoms with Gasteiger partial charge in [-0.15, -0.1) is 0 Å². The maximum atomic E-state index is 11.9. The quantitative estimate of drug-likeness (QED) is 0.847. The Balaban J connectivity index is 1.84. The molecular weight excluding hydrogens is 266 g/mol. The summed E-state index contributed by atoms with van der Waals surface area (Å²) in [6.07, 6.45) is 0.897. The van der Waals surface area contributed by atoms with Crippen molar-refractivity contribution in [1.82, 2.24) is 4.90 Å². The molecule has 1 saturated heterocycles. The number of esters is 1. The molecule has 0 atom stereocenters. The Morgan fingerprint density at radius 2 is 1.90 bits per heavy atom. The number of aliphatic hydroxyl groups excluding tert-OH is 1. The Morgan fingerprint density at radius 1 is 1.29 bits per heavy atom. The molecule has 0 bridgehead atoms. The first-order valence-corrected chi connectivity index (χ1v) is 7.53. The highest BCUT2D eigenvalue weighted by atomic mass is 16.6. The number of aliphatic hydroxyl groups is 1. The standard InChI is InChI=1S/C17H25NO3/c1-17(2,3)21-16(20)15-6-4-13(5-7-15)10-18-11-14(12-18)8-9-19/h4-7,14,19H,8-12H2,1-3H3. The van der Waals surface area contributed by atoms with Crippen LogP contribution in [-0.4, -0.2) is 41.3 Å². The van der Waals surface area contributed by atoms with Crippen LogP contribution in [0.3, 0.4) is 0 Å². The van der Waals surface area contributed by atoms with Gasteiger partial charge in [0.25, 0.3) is 0 Å². The van der Waals surface area contributed by atoms with Crippen LogP contribution in [0, 0.1) is 5.92 Å². The number of likely N-dealkylation sites (tertiary alicyclic amines) is 1. The fourth-order valence-electron chi connectivity index (χ4n) is 2.51. The Bertz CT molecular complexity index is 470. The van der Waals surface area contributed by atoms with Crippen molar-refractivity contribution >= 4 is 5.97 Å². The van der Waals surface area contributed by atoms with Crippen LogP contribution in [0.2, 0.25) is 0 Å². The van der Waals surface area contributed by atoms with E-state index in [9.17, 15) is 4.79 Å². The molecule has 1 aromatic rings. The van der Waals surface area contributed by atoms with Gasteiger partial charge in [-0.05, 0) is 50.8 Å². The summed E-state index contributed by atoms with van der Waals surface area (Å²) in [5.41, 5.74) is 1.33. The molecule has 1 N–H and O–H groups in total. The molecule has 0 amide bonds. The molecular formula is C17H25NO3. The molecule has 0 unspecified atom stereocenters. The average molecular weight is 291 g/mol. The monoisotopic (exact) mass is 291 g/mol. The molecule has 1 aromatic carbocycles. The van der Waals surface area contributed by atoms with Gasteiger partial charge < -0.3 is 9.84 Å². The third kappa shape index (κ3) is 4.83. The SMILES string of the molecule is CC(C)(C)OC(=O)c1ccc(CN2CC(CCO)C2)cc1. The zero-order valence-electron chi connectivity index (χ0n) is 13.1. The van der Waals surface area contributed by atoms with Gasteiger partial charge in [-0.3, -0.25) is 4.90 Å². The van der Waals surface area contributed by atoms with E-state index in [1.165, 1.54) is 5.56 Å². The van der Waals surface area contributed by atoms with Gasteiger partial charge in [-0.2, -0.15) is 0 Å². The first kappa shape index (κ1) is 16.0. The summed E-state index contributed by atoms with van der Waals surface area (Å²) >= 11 is 0. The second-order valence-electron chi connectivity index (χ2n) is 6.77. The van der Waals surface area contributed by atoms with Crippen LogP contribution >= 0.6 is 0 Å². The van der Waals surface area contributed by atoms with Gasteiger partial charge in [-0.25, -0.2) is 4.79 Å². The zero-order valence-corrected chi connectivity index (χ0v) is 13.1. The van der Waals surface area contributed by atoms with Crippen molar-refractivity contribution < 1.29 is 14.6 Å². The van der Waals surface area contributed by atoms with Crippen LogP contribution < -0.4 is 0 Å². The first-order valence-electron chi connectivity index (χ1n) is 7.53. The molecule has 0 saturated carbocycles. The molecule has 4 heteroatoms. The number of ether oxygens (including phenoxy) is 1. The maximum Gasteiger partial charge on any atom is 0.338 e. The van der Waals surface area contributed by atoms with Gasteiger partial charge in [0.2, 0.25) is 0 Å². The largest absolute Gasteiger partial charge is 0.456 e. The first-order chi connectivity index (χ1) is 9.87. The lowest BCUT2D eigenvalue weighted by Crippen LogP contribution is -2.46. The molecule has 0 radical (unpaired) electrons. The molecule has 0 aliphatic carbocycles. The van der Waals surface area contributed by atoms with Gasteiger partial charge >= 0.3 is 5.97 Å². The Hall–Kier alpha value is -1.39. The molecule has 0 aromatic heterocycles. The lowest BCUT2D eigenvalue weighted by molar-refractivity contribution is 0.00695. The minimum atomic E-state index is -0.463. The molecule has 116 valence electrons. The number of benzene rings is 1. The Kier molecular flexibility index (Phi) is 5.01. The predicted molar refractivity (Wildman–Crippen MR) is 82.1 cm³/mol. The summed E-state index contributed by atoms with van der Waals surface area (Å²) in [7, 11) is 0. The molecule has 0 spiro atoms. The van der Waals surface area contributed by atoms with Crippen LogP contribution in [0.4, 0.5) is 0 Å². The minimum Gasteiger partial charge on any atom is -0.456 e. The molecule has 1 fully saturated rings. The number of nitrogens with zero attached hydrogens (tertiary/aromatic N) is 1. The van der Waals surface area contributed by atoms with Crippen LogP contribution in [0.15, 0.2) is 24.3 Å². The highest BCUT2D eigenvalue weighted by Gasteiger charge is 2.25. The minimum absolute atomic E-state index is 0.277. The van der Waals surface area contributed by atoms with Crippen LogP contribution in [0.1, 0.15) is 43.1 Å². The van der Waals surface area contributed by atoms with E-state index in [1.807, 2.05) is 45.0 Å².